The van der Waals surface area contributed by atoms with E-state index in [1.165, 1.54) is 16.9 Å². The van der Waals surface area contributed by atoms with Gasteiger partial charge >= 0.3 is 0 Å². The fourth-order valence-corrected chi connectivity index (χ4v) is 3.86. The molecule has 2 aromatic rings. The van der Waals surface area contributed by atoms with Crippen molar-refractivity contribution in [3.05, 3.63) is 65.7 Å². The van der Waals surface area contributed by atoms with Crippen molar-refractivity contribution in [2.24, 2.45) is 5.92 Å². The monoisotopic (exact) mass is 325 g/mol. The van der Waals surface area contributed by atoms with Crippen LogP contribution in [0.25, 0.3) is 0 Å². The second-order valence-electron chi connectivity index (χ2n) is 6.30. The Labute approximate surface area is 142 Å². The van der Waals surface area contributed by atoms with Crippen molar-refractivity contribution in [3.8, 4) is 0 Å². The summed E-state index contributed by atoms with van der Waals surface area (Å²) < 4.78 is 0. The lowest BCUT2D eigenvalue weighted by atomic mass is 9.99. The number of carbonyl (C=O) groups is 1. The van der Waals surface area contributed by atoms with Gasteiger partial charge in [-0.25, -0.2) is 0 Å². The van der Waals surface area contributed by atoms with Gasteiger partial charge in [0.15, 0.2) is 0 Å². The van der Waals surface area contributed by atoms with Gasteiger partial charge < -0.3 is 4.90 Å². The third kappa shape index (κ3) is 4.38. The molecule has 23 heavy (non-hydrogen) atoms. The van der Waals surface area contributed by atoms with E-state index in [4.69, 9.17) is 0 Å². The number of piperidine rings is 1. The zero-order chi connectivity index (χ0) is 16.1. The van der Waals surface area contributed by atoms with Gasteiger partial charge in [-0.15, -0.1) is 11.8 Å². The number of hydrogen-bond donors (Lipinski definition) is 0. The minimum absolute atomic E-state index is 0.179. The molecule has 2 nitrogen and oxygen atoms in total. The lowest BCUT2D eigenvalue weighted by molar-refractivity contribution is 0.0683. The fraction of sp³-hybridized carbons (Fsp3) is 0.350. The molecule has 0 aliphatic carbocycles. The van der Waals surface area contributed by atoms with Crippen LogP contribution in [0, 0.1) is 5.92 Å². The van der Waals surface area contributed by atoms with Gasteiger partial charge in [-0.3, -0.25) is 4.79 Å². The number of hydrogen-bond acceptors (Lipinski definition) is 2. The molecule has 0 radical (unpaired) electrons. The molecule has 3 heteroatoms. The molecule has 1 aliphatic heterocycles. The van der Waals surface area contributed by atoms with E-state index in [0.717, 1.165) is 30.8 Å². The average molecular weight is 325 g/mol. The number of likely N-dealkylation sites (tertiary alicyclic amines) is 1. The molecule has 0 bridgehead atoms. The first-order chi connectivity index (χ1) is 11.2. The van der Waals surface area contributed by atoms with Gasteiger partial charge in [-0.05, 0) is 48.6 Å². The Morgan fingerprint density at radius 2 is 1.87 bits per heavy atom. The molecule has 0 aromatic heterocycles. The molecule has 0 saturated carbocycles. The van der Waals surface area contributed by atoms with E-state index in [-0.39, 0.29) is 5.91 Å². The van der Waals surface area contributed by atoms with E-state index >= 15 is 0 Å². The molecular formula is C20H23NOS. The van der Waals surface area contributed by atoms with E-state index < -0.39 is 0 Å². The van der Waals surface area contributed by atoms with Crippen LogP contribution in [0.3, 0.4) is 0 Å². The summed E-state index contributed by atoms with van der Waals surface area (Å²) in [4.78, 5) is 15.8. The van der Waals surface area contributed by atoms with E-state index in [0.29, 0.717) is 5.92 Å². The van der Waals surface area contributed by atoms with Gasteiger partial charge in [0.25, 0.3) is 5.91 Å². The van der Waals surface area contributed by atoms with Crippen molar-refractivity contribution < 1.29 is 4.79 Å². The topological polar surface area (TPSA) is 20.3 Å². The van der Waals surface area contributed by atoms with Crippen LogP contribution in [0.5, 0.6) is 0 Å². The molecule has 120 valence electrons. The number of amides is 1. The molecule has 1 atom stereocenters. The lowest BCUT2D eigenvalue weighted by Gasteiger charge is -2.31. The van der Waals surface area contributed by atoms with Crippen LogP contribution in [0.4, 0.5) is 0 Å². The third-order valence-electron chi connectivity index (χ3n) is 4.29. The highest BCUT2D eigenvalue weighted by Crippen LogP contribution is 2.23. The van der Waals surface area contributed by atoms with Crippen molar-refractivity contribution in [1.82, 2.24) is 4.90 Å². The molecule has 1 aliphatic rings. The number of thioether (sulfide) groups is 1. The van der Waals surface area contributed by atoms with Gasteiger partial charge in [0.1, 0.15) is 0 Å². The molecule has 2 aromatic carbocycles. The number of rotatable bonds is 4. The average Bonchev–Trinajstić information content (AvgIpc) is 2.61. The molecule has 3 rings (SSSR count). The SMILES string of the molecule is C[C@@H]1CCCN(C(=O)c2ccc(CSc3ccccc3)cc2)C1. The first kappa shape index (κ1) is 16.1. The smallest absolute Gasteiger partial charge is 0.253 e. The summed E-state index contributed by atoms with van der Waals surface area (Å²) in [5, 5.41) is 0. The quantitative estimate of drug-likeness (QED) is 0.749. The Bertz CT molecular complexity index is 638. The number of nitrogens with zero attached hydrogens (tertiary/aromatic N) is 1. The van der Waals surface area contributed by atoms with E-state index in [2.05, 4.69) is 43.3 Å². The van der Waals surface area contributed by atoms with Gasteiger partial charge in [-0.2, -0.15) is 0 Å². The molecule has 1 amide bonds. The Morgan fingerprint density at radius 1 is 1.13 bits per heavy atom. The van der Waals surface area contributed by atoms with Crippen LogP contribution >= 0.6 is 11.8 Å². The Morgan fingerprint density at radius 3 is 2.57 bits per heavy atom. The van der Waals surface area contributed by atoms with E-state index in [1.54, 1.807) is 0 Å². The van der Waals surface area contributed by atoms with Crippen LogP contribution < -0.4 is 0 Å². The molecule has 0 unspecified atom stereocenters. The number of benzene rings is 2. The van der Waals surface area contributed by atoms with Gasteiger partial charge in [0.05, 0.1) is 0 Å². The minimum Gasteiger partial charge on any atom is -0.338 e. The fourth-order valence-electron chi connectivity index (χ4n) is 2.98. The molecule has 0 N–H and O–H groups in total. The highest BCUT2D eigenvalue weighted by Gasteiger charge is 2.21. The van der Waals surface area contributed by atoms with E-state index in [1.807, 2.05) is 34.9 Å². The first-order valence-corrected chi connectivity index (χ1v) is 9.27. The summed E-state index contributed by atoms with van der Waals surface area (Å²) in [5.74, 6) is 1.73. The Kier molecular flexibility index (Phi) is 5.39. The largest absolute Gasteiger partial charge is 0.338 e. The minimum atomic E-state index is 0.179. The summed E-state index contributed by atoms with van der Waals surface area (Å²) in [6.45, 7) is 4.02. The van der Waals surface area contributed by atoms with Crippen molar-refractivity contribution in [3.63, 3.8) is 0 Å². The van der Waals surface area contributed by atoms with Crippen molar-refractivity contribution in [1.29, 1.82) is 0 Å². The van der Waals surface area contributed by atoms with Crippen LogP contribution in [-0.4, -0.2) is 23.9 Å². The highest BCUT2D eigenvalue weighted by molar-refractivity contribution is 7.98. The van der Waals surface area contributed by atoms with Crippen LogP contribution in [0.1, 0.15) is 35.7 Å². The second kappa shape index (κ2) is 7.69. The molecule has 1 fully saturated rings. The Hall–Kier alpha value is -1.74. The third-order valence-corrected chi connectivity index (χ3v) is 5.38. The first-order valence-electron chi connectivity index (χ1n) is 8.28. The summed E-state index contributed by atoms with van der Waals surface area (Å²) in [6, 6.07) is 18.5. The van der Waals surface area contributed by atoms with Crippen molar-refractivity contribution in [2.75, 3.05) is 13.1 Å². The van der Waals surface area contributed by atoms with Crippen molar-refractivity contribution >= 4 is 17.7 Å². The zero-order valence-electron chi connectivity index (χ0n) is 13.6. The van der Waals surface area contributed by atoms with Gasteiger partial charge in [0, 0.05) is 29.3 Å². The maximum absolute atomic E-state index is 12.6. The lowest BCUT2D eigenvalue weighted by Crippen LogP contribution is -2.39. The second-order valence-corrected chi connectivity index (χ2v) is 7.35. The summed E-state index contributed by atoms with van der Waals surface area (Å²) in [6.07, 6.45) is 2.36. The van der Waals surface area contributed by atoms with Crippen LogP contribution in [0.2, 0.25) is 0 Å². The molecular weight excluding hydrogens is 302 g/mol. The summed E-state index contributed by atoms with van der Waals surface area (Å²) >= 11 is 1.82. The van der Waals surface area contributed by atoms with Crippen molar-refractivity contribution in [2.45, 2.75) is 30.4 Å². The van der Waals surface area contributed by atoms with Gasteiger partial charge in [0.2, 0.25) is 0 Å². The molecule has 1 heterocycles. The predicted molar refractivity (Wildman–Crippen MR) is 96.7 cm³/mol. The zero-order valence-corrected chi connectivity index (χ0v) is 14.4. The Balaban J connectivity index is 1.59. The maximum Gasteiger partial charge on any atom is 0.253 e. The molecule has 1 saturated heterocycles. The summed E-state index contributed by atoms with van der Waals surface area (Å²) in [7, 11) is 0. The maximum atomic E-state index is 12.6. The predicted octanol–water partition coefficient (Wildman–Crippen LogP) is 4.85. The standard InChI is InChI=1S/C20H23NOS/c1-16-6-5-13-21(14-16)20(22)18-11-9-17(10-12-18)15-23-19-7-3-2-4-8-19/h2-4,7-12,16H,5-6,13-15H2,1H3/t16-/m1/s1. The molecule has 0 spiro atoms. The highest BCUT2D eigenvalue weighted by atomic mass is 32.2. The number of carbonyl (C=O) groups excluding carboxylic acids is 1. The van der Waals surface area contributed by atoms with Crippen LogP contribution in [0.15, 0.2) is 59.5 Å². The normalized spacial score (nSPS) is 18.0. The van der Waals surface area contributed by atoms with E-state index in [9.17, 15) is 4.79 Å². The van der Waals surface area contributed by atoms with Crippen LogP contribution in [-0.2, 0) is 5.75 Å². The summed E-state index contributed by atoms with van der Waals surface area (Å²) in [5.41, 5.74) is 2.06. The van der Waals surface area contributed by atoms with Gasteiger partial charge in [-0.1, -0.05) is 37.3 Å².